The molecule has 0 amide bonds. The van der Waals surface area contributed by atoms with Crippen LogP contribution < -0.4 is 14.2 Å². The Balaban J connectivity index is 1.78. The third-order valence-corrected chi connectivity index (χ3v) is 6.19. The van der Waals surface area contributed by atoms with Crippen LogP contribution in [0.2, 0.25) is 0 Å². The molecule has 1 saturated carbocycles. The Morgan fingerprint density at radius 1 is 1.36 bits per heavy atom. The third kappa shape index (κ3) is 1.37. The zero-order valence-electron chi connectivity index (χ0n) is 12.8. The topological polar surface area (TPSA) is 51.2 Å². The van der Waals surface area contributed by atoms with Crippen molar-refractivity contribution in [2.45, 2.75) is 49.8 Å². The van der Waals surface area contributed by atoms with E-state index in [-0.39, 0.29) is 18.3 Å². The van der Waals surface area contributed by atoms with Gasteiger partial charge in [-0.15, -0.1) is 0 Å². The second-order valence-corrected chi connectivity index (χ2v) is 6.89. The first-order chi connectivity index (χ1) is 10.8. The van der Waals surface area contributed by atoms with E-state index in [0.29, 0.717) is 6.04 Å². The molecule has 1 saturated heterocycles. The van der Waals surface area contributed by atoms with Gasteiger partial charge in [0, 0.05) is 23.6 Å². The molecule has 1 aliphatic carbocycles. The summed E-state index contributed by atoms with van der Waals surface area (Å²) in [5.74, 6) is 2.29. The average Bonchev–Trinajstić information content (AvgIpc) is 3.09. The molecule has 2 bridgehead atoms. The number of methoxy groups -OCH3 is 1. The maximum absolute atomic E-state index is 10.9. The van der Waals surface area contributed by atoms with Crippen LogP contribution in [-0.2, 0) is 12.0 Å². The average molecular weight is 303 g/mol. The van der Waals surface area contributed by atoms with Crippen molar-refractivity contribution in [3.05, 3.63) is 17.2 Å². The molecule has 1 aromatic carbocycles. The van der Waals surface area contributed by atoms with E-state index in [2.05, 4.69) is 11.0 Å². The zero-order valence-corrected chi connectivity index (χ0v) is 12.8. The Morgan fingerprint density at radius 2 is 2.27 bits per heavy atom. The fourth-order valence-electron chi connectivity index (χ4n) is 5.29. The molecule has 118 valence electrons. The van der Waals surface area contributed by atoms with Crippen molar-refractivity contribution < 1.29 is 19.3 Å². The number of rotatable bonds is 1. The lowest BCUT2D eigenvalue weighted by atomic mass is 9.62. The van der Waals surface area contributed by atoms with E-state index in [4.69, 9.17) is 14.2 Å². The number of aliphatic hydroxyl groups is 1. The van der Waals surface area contributed by atoms with Gasteiger partial charge in [-0.25, -0.2) is 0 Å². The van der Waals surface area contributed by atoms with E-state index in [0.717, 1.165) is 49.6 Å². The van der Waals surface area contributed by atoms with E-state index in [1.807, 2.05) is 0 Å². The van der Waals surface area contributed by atoms with Crippen molar-refractivity contribution in [2.75, 3.05) is 20.4 Å². The molecule has 5 heteroatoms. The van der Waals surface area contributed by atoms with E-state index < -0.39 is 0 Å². The first-order valence-corrected chi connectivity index (χ1v) is 8.18. The molecule has 22 heavy (non-hydrogen) atoms. The Kier molecular flexibility index (Phi) is 2.54. The third-order valence-electron chi connectivity index (χ3n) is 6.19. The van der Waals surface area contributed by atoms with Crippen LogP contribution in [0.3, 0.4) is 0 Å². The molecule has 2 fully saturated rings. The predicted octanol–water partition coefficient (Wildman–Crippen LogP) is 1.79. The van der Waals surface area contributed by atoms with Gasteiger partial charge < -0.3 is 19.3 Å². The summed E-state index contributed by atoms with van der Waals surface area (Å²) in [7, 11) is 1.69. The Labute approximate surface area is 129 Å². The number of benzene rings is 1. The van der Waals surface area contributed by atoms with Crippen molar-refractivity contribution in [2.24, 2.45) is 0 Å². The monoisotopic (exact) mass is 303 g/mol. The molecule has 1 aromatic rings. The largest absolute Gasteiger partial charge is 0.492 e. The maximum Gasteiger partial charge on any atom is 0.231 e. The highest BCUT2D eigenvalue weighted by molar-refractivity contribution is 5.63. The van der Waals surface area contributed by atoms with Crippen LogP contribution in [0.4, 0.5) is 0 Å². The predicted molar refractivity (Wildman–Crippen MR) is 79.5 cm³/mol. The van der Waals surface area contributed by atoms with Gasteiger partial charge in [-0.2, -0.15) is 0 Å². The van der Waals surface area contributed by atoms with Crippen LogP contribution in [-0.4, -0.2) is 42.6 Å². The Bertz CT molecular complexity index is 646. The molecule has 4 atom stereocenters. The fourth-order valence-corrected chi connectivity index (χ4v) is 5.29. The summed E-state index contributed by atoms with van der Waals surface area (Å²) >= 11 is 0. The van der Waals surface area contributed by atoms with Gasteiger partial charge in [-0.3, -0.25) is 4.90 Å². The van der Waals surface area contributed by atoms with Crippen LogP contribution in [0.25, 0.3) is 0 Å². The summed E-state index contributed by atoms with van der Waals surface area (Å²) in [6.45, 7) is 2.18. The number of hydrogen-bond acceptors (Lipinski definition) is 5. The number of hydrogen-bond donors (Lipinski definition) is 1. The Morgan fingerprint density at radius 3 is 3.14 bits per heavy atom. The van der Waals surface area contributed by atoms with Crippen molar-refractivity contribution in [1.82, 2.24) is 4.90 Å². The zero-order chi connectivity index (χ0) is 14.9. The molecule has 5 rings (SSSR count). The first kappa shape index (κ1) is 13.0. The van der Waals surface area contributed by atoms with Gasteiger partial charge in [0.25, 0.3) is 0 Å². The second-order valence-electron chi connectivity index (χ2n) is 6.89. The standard InChI is InChI=1S/C17H21NO4/c1-20-15-10-8-18-6-5-17(13(18)3-2-4-14(17)19)11(10)7-12-16(15)22-9-21-12/h7,13-14,19H,2-6,8-9H2,1H3. The summed E-state index contributed by atoms with van der Waals surface area (Å²) < 4.78 is 16.9. The SMILES string of the molecule is COc1c2c(cc3c1OCO3)C13CCN(C2)C1CCCC3O. The van der Waals surface area contributed by atoms with Crippen LogP contribution in [0, 0.1) is 0 Å². The quantitative estimate of drug-likeness (QED) is 0.857. The van der Waals surface area contributed by atoms with Gasteiger partial charge in [0.15, 0.2) is 11.5 Å². The van der Waals surface area contributed by atoms with Crippen LogP contribution in [0.1, 0.15) is 36.8 Å². The molecule has 4 aliphatic rings. The molecule has 1 N–H and O–H groups in total. The van der Waals surface area contributed by atoms with E-state index in [1.54, 1.807) is 7.11 Å². The molecular formula is C17H21NO4. The van der Waals surface area contributed by atoms with Crippen molar-refractivity contribution in [1.29, 1.82) is 0 Å². The Hall–Kier alpha value is -1.46. The maximum atomic E-state index is 10.9. The second kappa shape index (κ2) is 4.30. The number of ether oxygens (including phenoxy) is 3. The molecule has 0 aromatic heterocycles. The fraction of sp³-hybridized carbons (Fsp3) is 0.647. The summed E-state index contributed by atoms with van der Waals surface area (Å²) in [5.41, 5.74) is 2.26. The minimum atomic E-state index is -0.277. The molecule has 4 unspecified atom stereocenters. The lowest BCUT2D eigenvalue weighted by Crippen LogP contribution is -2.55. The highest BCUT2D eigenvalue weighted by Gasteiger charge is 2.58. The van der Waals surface area contributed by atoms with Gasteiger partial charge in [-0.1, -0.05) is 0 Å². The van der Waals surface area contributed by atoms with E-state index in [9.17, 15) is 5.11 Å². The molecule has 0 spiro atoms. The summed E-state index contributed by atoms with van der Waals surface area (Å²) in [4.78, 5) is 2.52. The van der Waals surface area contributed by atoms with Crippen LogP contribution >= 0.6 is 0 Å². The molecule has 3 aliphatic heterocycles. The summed E-state index contributed by atoms with van der Waals surface area (Å²) in [5, 5.41) is 10.9. The smallest absolute Gasteiger partial charge is 0.231 e. The summed E-state index contributed by atoms with van der Waals surface area (Å²) in [6.07, 6.45) is 3.92. The van der Waals surface area contributed by atoms with Gasteiger partial charge in [0.1, 0.15) is 0 Å². The molecule has 3 heterocycles. The normalized spacial score (nSPS) is 37.6. The number of nitrogens with zero attached hydrogens (tertiary/aromatic N) is 1. The van der Waals surface area contributed by atoms with Crippen molar-refractivity contribution in [3.8, 4) is 17.2 Å². The van der Waals surface area contributed by atoms with Gasteiger partial charge in [-0.05, 0) is 43.9 Å². The van der Waals surface area contributed by atoms with Crippen molar-refractivity contribution in [3.63, 3.8) is 0 Å². The number of fused-ring (bicyclic) bond motifs is 2. The lowest BCUT2D eigenvalue weighted by Gasteiger charge is -2.49. The van der Waals surface area contributed by atoms with Crippen LogP contribution in [0.5, 0.6) is 17.2 Å². The van der Waals surface area contributed by atoms with Crippen LogP contribution in [0.15, 0.2) is 6.07 Å². The highest BCUT2D eigenvalue weighted by Crippen LogP contribution is 2.58. The van der Waals surface area contributed by atoms with Gasteiger partial charge in [0.2, 0.25) is 12.5 Å². The molecule has 0 radical (unpaired) electrons. The van der Waals surface area contributed by atoms with E-state index in [1.165, 1.54) is 17.5 Å². The summed E-state index contributed by atoms with van der Waals surface area (Å²) in [6, 6.07) is 2.57. The lowest BCUT2D eigenvalue weighted by molar-refractivity contribution is 0.00363. The molecular weight excluding hydrogens is 282 g/mol. The van der Waals surface area contributed by atoms with Crippen molar-refractivity contribution >= 4 is 0 Å². The van der Waals surface area contributed by atoms with Gasteiger partial charge in [0.05, 0.1) is 13.2 Å². The highest BCUT2D eigenvalue weighted by atomic mass is 16.7. The minimum absolute atomic E-state index is 0.153. The number of aliphatic hydroxyl groups excluding tert-OH is 1. The van der Waals surface area contributed by atoms with E-state index >= 15 is 0 Å². The van der Waals surface area contributed by atoms with Gasteiger partial charge >= 0.3 is 0 Å². The molecule has 5 nitrogen and oxygen atoms in total. The minimum Gasteiger partial charge on any atom is -0.492 e. The first-order valence-electron chi connectivity index (χ1n) is 8.18.